The lowest BCUT2D eigenvalue weighted by atomic mass is 9.91. The van der Waals surface area contributed by atoms with Crippen LogP contribution in [0.5, 0.6) is 0 Å². The maximum absolute atomic E-state index is 12.4. The second-order valence-electron chi connectivity index (χ2n) is 6.59. The first-order chi connectivity index (χ1) is 9.71. The number of amides is 1. The molecule has 20 heavy (non-hydrogen) atoms. The number of carbonyl (C=O) groups is 1. The van der Waals surface area contributed by atoms with Gasteiger partial charge in [0.05, 0.1) is 0 Å². The van der Waals surface area contributed by atoms with Gasteiger partial charge in [-0.25, -0.2) is 0 Å². The topological polar surface area (TPSA) is 32.3 Å². The van der Waals surface area contributed by atoms with Crippen LogP contribution in [0, 0.1) is 6.92 Å². The van der Waals surface area contributed by atoms with E-state index in [-0.39, 0.29) is 5.66 Å². The lowest BCUT2D eigenvalue weighted by Crippen LogP contribution is -2.47. The van der Waals surface area contributed by atoms with E-state index in [2.05, 4.69) is 41.4 Å². The minimum absolute atomic E-state index is 0.218. The summed E-state index contributed by atoms with van der Waals surface area (Å²) < 4.78 is 0. The molecule has 0 spiro atoms. The fourth-order valence-corrected chi connectivity index (χ4v) is 4.44. The van der Waals surface area contributed by atoms with E-state index in [0.29, 0.717) is 24.4 Å². The molecule has 3 heteroatoms. The van der Waals surface area contributed by atoms with E-state index in [1.807, 2.05) is 0 Å². The summed E-state index contributed by atoms with van der Waals surface area (Å²) in [4.78, 5) is 14.6. The second-order valence-corrected chi connectivity index (χ2v) is 6.59. The monoisotopic (exact) mass is 270 g/mol. The number of hydrogen-bond acceptors (Lipinski definition) is 2. The molecule has 3 aliphatic rings. The first-order valence-electron chi connectivity index (χ1n) is 7.88. The van der Waals surface area contributed by atoms with Crippen molar-refractivity contribution in [2.45, 2.75) is 63.2 Å². The Labute approximate surface area is 120 Å². The molecule has 106 valence electrons. The minimum Gasteiger partial charge on any atom is -0.316 e. The van der Waals surface area contributed by atoms with Crippen molar-refractivity contribution in [2.24, 2.45) is 0 Å². The standard InChI is InChI=1S/C17H22N2O/c1-12-6-8-13(9-7-12)17-11-10-16(20)19(17)15-5-3-2-4-14(15)18-17/h6-9,14-15,18H,2-5,10-11H2,1H3/t14-,15+,17-/m0/s1. The number of rotatable bonds is 1. The molecule has 1 N–H and O–H groups in total. The van der Waals surface area contributed by atoms with Crippen LogP contribution in [-0.4, -0.2) is 22.9 Å². The molecule has 3 atom stereocenters. The van der Waals surface area contributed by atoms with Crippen LogP contribution >= 0.6 is 0 Å². The van der Waals surface area contributed by atoms with Gasteiger partial charge in [0.25, 0.3) is 0 Å². The molecule has 3 nitrogen and oxygen atoms in total. The first kappa shape index (κ1) is 12.4. The largest absolute Gasteiger partial charge is 0.316 e. The molecule has 2 saturated heterocycles. The van der Waals surface area contributed by atoms with Crippen LogP contribution in [0.4, 0.5) is 0 Å². The Morgan fingerprint density at radius 2 is 1.95 bits per heavy atom. The van der Waals surface area contributed by atoms with Crippen LogP contribution in [0.3, 0.4) is 0 Å². The number of nitrogens with one attached hydrogen (secondary N) is 1. The predicted octanol–water partition coefficient (Wildman–Crippen LogP) is 2.68. The van der Waals surface area contributed by atoms with Crippen molar-refractivity contribution in [3.05, 3.63) is 35.4 Å². The molecule has 2 aliphatic heterocycles. The van der Waals surface area contributed by atoms with Crippen molar-refractivity contribution in [1.29, 1.82) is 0 Å². The Hall–Kier alpha value is -1.35. The van der Waals surface area contributed by atoms with Gasteiger partial charge in [-0.15, -0.1) is 0 Å². The van der Waals surface area contributed by atoms with Crippen LogP contribution in [-0.2, 0) is 10.5 Å². The van der Waals surface area contributed by atoms with Crippen LogP contribution in [0.1, 0.15) is 49.7 Å². The third-order valence-electron chi connectivity index (χ3n) is 5.40. The zero-order chi connectivity index (χ0) is 13.7. The van der Waals surface area contributed by atoms with Crippen LogP contribution in [0.25, 0.3) is 0 Å². The molecule has 1 aromatic rings. The molecule has 3 fully saturated rings. The van der Waals surface area contributed by atoms with Gasteiger partial charge in [-0.05, 0) is 31.7 Å². The minimum atomic E-state index is -0.218. The molecule has 0 unspecified atom stereocenters. The van der Waals surface area contributed by atoms with E-state index in [9.17, 15) is 4.79 Å². The summed E-state index contributed by atoms with van der Waals surface area (Å²) in [5.41, 5.74) is 2.32. The van der Waals surface area contributed by atoms with Crippen molar-refractivity contribution in [2.75, 3.05) is 0 Å². The highest BCUT2D eigenvalue weighted by Crippen LogP contribution is 2.47. The lowest BCUT2D eigenvalue weighted by Gasteiger charge is -2.35. The van der Waals surface area contributed by atoms with Crippen molar-refractivity contribution in [3.8, 4) is 0 Å². The van der Waals surface area contributed by atoms with Gasteiger partial charge in [-0.2, -0.15) is 0 Å². The molecule has 1 aromatic carbocycles. The zero-order valence-electron chi connectivity index (χ0n) is 12.1. The fourth-order valence-electron chi connectivity index (χ4n) is 4.44. The molecule has 1 amide bonds. The summed E-state index contributed by atoms with van der Waals surface area (Å²) in [5.74, 6) is 0.340. The van der Waals surface area contributed by atoms with E-state index < -0.39 is 0 Å². The Kier molecular flexibility index (Phi) is 2.68. The van der Waals surface area contributed by atoms with Crippen molar-refractivity contribution >= 4 is 5.91 Å². The smallest absolute Gasteiger partial charge is 0.224 e. The Bertz CT molecular complexity index is 538. The molecule has 1 aliphatic carbocycles. The highest BCUT2D eigenvalue weighted by Gasteiger charge is 2.57. The van der Waals surface area contributed by atoms with E-state index in [1.54, 1.807) is 0 Å². The Balaban J connectivity index is 1.78. The molecule has 1 saturated carbocycles. The highest BCUT2D eigenvalue weighted by atomic mass is 16.2. The summed E-state index contributed by atoms with van der Waals surface area (Å²) in [6.45, 7) is 2.11. The van der Waals surface area contributed by atoms with Gasteiger partial charge in [0, 0.05) is 18.5 Å². The molecule has 0 bridgehead atoms. The van der Waals surface area contributed by atoms with Crippen molar-refractivity contribution < 1.29 is 4.79 Å². The molecule has 0 radical (unpaired) electrons. The number of nitrogens with zero attached hydrogens (tertiary/aromatic N) is 1. The van der Waals surface area contributed by atoms with E-state index in [4.69, 9.17) is 0 Å². The average molecular weight is 270 g/mol. The Morgan fingerprint density at radius 1 is 1.20 bits per heavy atom. The number of benzene rings is 1. The fraction of sp³-hybridized carbons (Fsp3) is 0.588. The van der Waals surface area contributed by atoms with Gasteiger partial charge in [0.2, 0.25) is 5.91 Å². The number of hydrogen-bond donors (Lipinski definition) is 1. The molecular weight excluding hydrogens is 248 g/mol. The molecule has 2 heterocycles. The third-order valence-corrected chi connectivity index (χ3v) is 5.40. The SMILES string of the molecule is Cc1ccc([C@]23CCC(=O)N2[C@@H]2CCCC[C@@H]2N3)cc1. The number of carbonyl (C=O) groups excluding carboxylic acids is 1. The number of fused-ring (bicyclic) bond motifs is 3. The Morgan fingerprint density at radius 3 is 2.75 bits per heavy atom. The lowest BCUT2D eigenvalue weighted by molar-refractivity contribution is -0.132. The molecule has 4 rings (SSSR count). The van der Waals surface area contributed by atoms with Crippen LogP contribution < -0.4 is 5.32 Å². The molecule has 0 aromatic heterocycles. The first-order valence-corrected chi connectivity index (χ1v) is 7.88. The van der Waals surface area contributed by atoms with Gasteiger partial charge in [-0.3, -0.25) is 10.1 Å². The summed E-state index contributed by atoms with van der Waals surface area (Å²) in [7, 11) is 0. The third kappa shape index (κ3) is 1.59. The zero-order valence-corrected chi connectivity index (χ0v) is 12.1. The highest BCUT2D eigenvalue weighted by molar-refractivity contribution is 5.81. The van der Waals surface area contributed by atoms with Crippen LogP contribution in [0.15, 0.2) is 24.3 Å². The van der Waals surface area contributed by atoms with Crippen molar-refractivity contribution in [1.82, 2.24) is 10.2 Å². The van der Waals surface area contributed by atoms with Gasteiger partial charge in [0.15, 0.2) is 0 Å². The van der Waals surface area contributed by atoms with Gasteiger partial charge < -0.3 is 4.90 Å². The van der Waals surface area contributed by atoms with E-state index >= 15 is 0 Å². The quantitative estimate of drug-likeness (QED) is 0.851. The summed E-state index contributed by atoms with van der Waals surface area (Å²) in [5, 5.41) is 3.84. The normalized spacial score (nSPS) is 36.0. The van der Waals surface area contributed by atoms with E-state index in [1.165, 1.54) is 30.4 Å². The van der Waals surface area contributed by atoms with Crippen molar-refractivity contribution in [3.63, 3.8) is 0 Å². The summed E-state index contributed by atoms with van der Waals surface area (Å²) in [6, 6.07) is 9.63. The number of aryl methyl sites for hydroxylation is 1. The van der Waals surface area contributed by atoms with Gasteiger partial charge in [-0.1, -0.05) is 42.7 Å². The van der Waals surface area contributed by atoms with Crippen LogP contribution in [0.2, 0.25) is 0 Å². The van der Waals surface area contributed by atoms with Gasteiger partial charge >= 0.3 is 0 Å². The predicted molar refractivity (Wildman–Crippen MR) is 78.1 cm³/mol. The maximum atomic E-state index is 12.4. The summed E-state index contributed by atoms with van der Waals surface area (Å²) >= 11 is 0. The second kappa shape index (κ2) is 4.32. The van der Waals surface area contributed by atoms with E-state index in [0.717, 1.165) is 12.8 Å². The summed E-state index contributed by atoms with van der Waals surface area (Å²) in [6.07, 6.45) is 6.53. The average Bonchev–Trinajstić information content (AvgIpc) is 2.96. The molecular formula is C17H22N2O. The van der Waals surface area contributed by atoms with Gasteiger partial charge in [0.1, 0.15) is 5.66 Å². The maximum Gasteiger partial charge on any atom is 0.224 e.